The average molecular weight is 400 g/mol. The third-order valence-corrected chi connectivity index (χ3v) is 5.61. The number of amides is 2. The van der Waals surface area contributed by atoms with Crippen molar-refractivity contribution in [3.63, 3.8) is 0 Å². The van der Waals surface area contributed by atoms with Crippen LogP contribution >= 0.6 is 11.3 Å². The summed E-state index contributed by atoms with van der Waals surface area (Å²) in [6.07, 6.45) is 0.914. The number of carbonyl (C=O) groups is 3. The molecule has 1 aliphatic rings. The number of hydrogen-bond acceptors (Lipinski definition) is 5. The zero-order chi connectivity index (χ0) is 19.9. The van der Waals surface area contributed by atoms with Crippen LogP contribution in [0.25, 0.3) is 0 Å². The molecule has 7 heteroatoms. The van der Waals surface area contributed by atoms with Gasteiger partial charge in [0.25, 0.3) is 5.91 Å². The first-order valence-electron chi connectivity index (χ1n) is 9.55. The van der Waals surface area contributed by atoms with E-state index in [4.69, 9.17) is 0 Å². The highest BCUT2D eigenvalue weighted by Gasteiger charge is 2.26. The maximum absolute atomic E-state index is 13.0. The summed E-state index contributed by atoms with van der Waals surface area (Å²) in [6.45, 7) is 5.44. The van der Waals surface area contributed by atoms with Gasteiger partial charge in [0.2, 0.25) is 11.7 Å². The van der Waals surface area contributed by atoms with Crippen molar-refractivity contribution in [2.45, 2.75) is 13.3 Å². The highest BCUT2D eigenvalue weighted by molar-refractivity contribution is 7.12. The number of nitrogens with one attached hydrogen (secondary N) is 1. The van der Waals surface area contributed by atoms with Crippen LogP contribution in [0.1, 0.15) is 38.9 Å². The number of piperazine rings is 1. The van der Waals surface area contributed by atoms with Crippen LogP contribution in [0, 0.1) is 0 Å². The zero-order valence-electron chi connectivity index (χ0n) is 16.0. The first-order chi connectivity index (χ1) is 13.6. The van der Waals surface area contributed by atoms with Gasteiger partial charge < -0.3 is 10.2 Å². The molecule has 0 atom stereocenters. The van der Waals surface area contributed by atoms with Gasteiger partial charge in [-0.1, -0.05) is 31.2 Å². The molecule has 1 saturated heterocycles. The molecule has 2 heterocycles. The summed E-state index contributed by atoms with van der Waals surface area (Å²) in [5.74, 6) is -0.228. The van der Waals surface area contributed by atoms with Crippen LogP contribution in [0.3, 0.4) is 0 Å². The van der Waals surface area contributed by atoms with Crippen LogP contribution in [0.2, 0.25) is 0 Å². The largest absolute Gasteiger partial charge is 0.355 e. The van der Waals surface area contributed by atoms with Crippen LogP contribution in [0.15, 0.2) is 41.8 Å². The van der Waals surface area contributed by atoms with Crippen LogP contribution < -0.4 is 5.32 Å². The second-order valence-electron chi connectivity index (χ2n) is 6.77. The van der Waals surface area contributed by atoms with Gasteiger partial charge in [-0.25, -0.2) is 0 Å². The summed E-state index contributed by atoms with van der Waals surface area (Å²) < 4.78 is 0. The normalized spacial score (nSPS) is 14.7. The molecule has 0 bridgehead atoms. The van der Waals surface area contributed by atoms with Gasteiger partial charge in [0, 0.05) is 38.3 Å². The molecule has 2 amide bonds. The van der Waals surface area contributed by atoms with Crippen molar-refractivity contribution in [1.82, 2.24) is 15.1 Å². The summed E-state index contributed by atoms with van der Waals surface area (Å²) in [4.78, 5) is 42.1. The molecule has 1 N–H and O–H groups in total. The van der Waals surface area contributed by atoms with Crippen molar-refractivity contribution in [2.75, 3.05) is 39.3 Å². The number of nitrogens with zero attached hydrogens (tertiary/aromatic N) is 2. The first kappa shape index (κ1) is 20.2. The van der Waals surface area contributed by atoms with Crippen molar-refractivity contribution in [2.24, 2.45) is 0 Å². The van der Waals surface area contributed by atoms with E-state index in [0.717, 1.165) is 6.42 Å². The maximum Gasteiger partial charge on any atom is 0.254 e. The molecule has 0 unspecified atom stereocenters. The molecule has 1 aliphatic heterocycles. The van der Waals surface area contributed by atoms with E-state index in [-0.39, 0.29) is 17.6 Å². The Morgan fingerprint density at radius 3 is 2.36 bits per heavy atom. The monoisotopic (exact) mass is 399 g/mol. The van der Waals surface area contributed by atoms with Gasteiger partial charge in [-0.15, -0.1) is 11.3 Å². The Morgan fingerprint density at radius 2 is 1.71 bits per heavy atom. The predicted molar refractivity (Wildman–Crippen MR) is 110 cm³/mol. The van der Waals surface area contributed by atoms with Gasteiger partial charge in [0.15, 0.2) is 0 Å². The van der Waals surface area contributed by atoms with E-state index in [0.29, 0.717) is 55.3 Å². The number of carbonyl (C=O) groups excluding carboxylic acids is 3. The van der Waals surface area contributed by atoms with E-state index >= 15 is 0 Å². The third kappa shape index (κ3) is 4.85. The van der Waals surface area contributed by atoms with Gasteiger partial charge in [-0.05, 0) is 23.9 Å². The lowest BCUT2D eigenvalue weighted by atomic mass is 10.0. The predicted octanol–water partition coefficient (Wildman–Crippen LogP) is 2.26. The number of benzene rings is 1. The molecule has 1 aromatic carbocycles. The van der Waals surface area contributed by atoms with E-state index < -0.39 is 0 Å². The molecule has 0 radical (unpaired) electrons. The minimum atomic E-state index is -0.129. The van der Waals surface area contributed by atoms with E-state index in [9.17, 15) is 14.4 Å². The molecule has 0 aliphatic carbocycles. The molecule has 1 fully saturated rings. The Bertz CT molecular complexity index is 827. The third-order valence-electron chi connectivity index (χ3n) is 4.75. The van der Waals surface area contributed by atoms with E-state index in [2.05, 4.69) is 10.2 Å². The average Bonchev–Trinajstić information content (AvgIpc) is 3.26. The molecule has 148 valence electrons. The fourth-order valence-corrected chi connectivity index (χ4v) is 3.89. The Balaban J connectivity index is 1.63. The van der Waals surface area contributed by atoms with Crippen molar-refractivity contribution in [3.8, 4) is 0 Å². The van der Waals surface area contributed by atoms with Crippen LogP contribution in [-0.4, -0.2) is 66.7 Å². The van der Waals surface area contributed by atoms with E-state index in [1.807, 2.05) is 18.4 Å². The fourth-order valence-electron chi connectivity index (χ4n) is 3.21. The van der Waals surface area contributed by atoms with Gasteiger partial charge in [-0.2, -0.15) is 0 Å². The lowest BCUT2D eigenvalue weighted by molar-refractivity contribution is -0.122. The van der Waals surface area contributed by atoms with E-state index in [1.54, 1.807) is 35.2 Å². The van der Waals surface area contributed by atoms with Gasteiger partial charge in [0.1, 0.15) is 0 Å². The lowest BCUT2D eigenvalue weighted by Crippen LogP contribution is -2.51. The molecule has 3 rings (SSSR count). The minimum absolute atomic E-state index is 0.0218. The van der Waals surface area contributed by atoms with Gasteiger partial charge in [0.05, 0.1) is 17.0 Å². The van der Waals surface area contributed by atoms with Gasteiger partial charge >= 0.3 is 0 Å². The number of ketones is 1. The van der Waals surface area contributed by atoms with Crippen molar-refractivity contribution in [3.05, 3.63) is 57.8 Å². The maximum atomic E-state index is 13.0. The number of hydrogen-bond donors (Lipinski definition) is 1. The second kappa shape index (κ2) is 9.61. The summed E-state index contributed by atoms with van der Waals surface area (Å²) in [5, 5.41) is 4.73. The Hall–Kier alpha value is -2.51. The minimum Gasteiger partial charge on any atom is -0.355 e. The summed E-state index contributed by atoms with van der Waals surface area (Å²) >= 11 is 1.37. The van der Waals surface area contributed by atoms with Crippen LogP contribution in [0.5, 0.6) is 0 Å². The van der Waals surface area contributed by atoms with E-state index in [1.165, 1.54) is 11.3 Å². The highest BCUT2D eigenvalue weighted by atomic mass is 32.1. The summed E-state index contributed by atoms with van der Waals surface area (Å²) in [7, 11) is 0. The molecular weight excluding hydrogens is 374 g/mol. The fraction of sp³-hybridized carbons (Fsp3) is 0.381. The quantitative estimate of drug-likeness (QED) is 0.725. The molecule has 2 aromatic rings. The Morgan fingerprint density at radius 1 is 1.00 bits per heavy atom. The van der Waals surface area contributed by atoms with Crippen LogP contribution in [-0.2, 0) is 4.79 Å². The lowest BCUT2D eigenvalue weighted by Gasteiger charge is -2.34. The summed E-state index contributed by atoms with van der Waals surface area (Å²) in [5.41, 5.74) is 0.881. The standard InChI is InChI=1S/C21H25N3O3S/c1-2-9-22-19(25)15-23-10-12-24(13-11-23)21(27)17-7-4-3-6-16(17)20(26)18-8-5-14-28-18/h3-8,14H,2,9-13,15H2,1H3,(H,22,25). The molecule has 28 heavy (non-hydrogen) atoms. The molecule has 6 nitrogen and oxygen atoms in total. The topological polar surface area (TPSA) is 69.7 Å². The molecule has 1 aromatic heterocycles. The smallest absolute Gasteiger partial charge is 0.254 e. The number of thiophene rings is 1. The zero-order valence-corrected chi connectivity index (χ0v) is 16.8. The molecular formula is C21H25N3O3S. The van der Waals surface area contributed by atoms with Crippen LogP contribution in [0.4, 0.5) is 0 Å². The molecule has 0 spiro atoms. The Labute approximate surface area is 169 Å². The second-order valence-corrected chi connectivity index (χ2v) is 7.72. The Kier molecular flexibility index (Phi) is 6.95. The first-order valence-corrected chi connectivity index (χ1v) is 10.4. The van der Waals surface area contributed by atoms with Crippen molar-refractivity contribution >= 4 is 28.9 Å². The number of rotatable bonds is 7. The summed E-state index contributed by atoms with van der Waals surface area (Å²) in [6, 6.07) is 10.6. The van der Waals surface area contributed by atoms with Crippen molar-refractivity contribution < 1.29 is 14.4 Å². The van der Waals surface area contributed by atoms with Crippen molar-refractivity contribution in [1.29, 1.82) is 0 Å². The van der Waals surface area contributed by atoms with Gasteiger partial charge in [-0.3, -0.25) is 19.3 Å². The SMILES string of the molecule is CCCNC(=O)CN1CCN(C(=O)c2ccccc2C(=O)c2cccs2)CC1. The molecule has 0 saturated carbocycles. The highest BCUT2D eigenvalue weighted by Crippen LogP contribution is 2.20.